The van der Waals surface area contributed by atoms with Gasteiger partial charge in [0.1, 0.15) is 0 Å². The highest BCUT2D eigenvalue weighted by Gasteiger charge is 2.40. The van der Waals surface area contributed by atoms with E-state index in [1.165, 1.54) is 0 Å². The van der Waals surface area contributed by atoms with Gasteiger partial charge in [-0.2, -0.15) is 0 Å². The molecule has 0 bridgehead atoms. The number of hydrogen-bond donors (Lipinski definition) is 0. The minimum Gasteiger partial charge on any atom is -0.410 e. The van der Waals surface area contributed by atoms with Crippen molar-refractivity contribution in [1.82, 2.24) is 0 Å². The van der Waals surface area contributed by atoms with Gasteiger partial charge in [0.2, 0.25) is 0 Å². The highest BCUT2D eigenvalue weighted by atomic mass is 31.2. The first-order valence-corrected chi connectivity index (χ1v) is 12.3. The summed E-state index contributed by atoms with van der Waals surface area (Å²) in [5.74, 6) is 0. The minimum absolute atomic E-state index is 0.00240. The van der Waals surface area contributed by atoms with Crippen molar-refractivity contribution in [3.8, 4) is 0 Å². The topological polar surface area (TPSA) is 54.0 Å². The quantitative estimate of drug-likeness (QED) is 0.354. The molecule has 5 nitrogen and oxygen atoms in total. The van der Waals surface area contributed by atoms with E-state index in [-0.39, 0.29) is 30.5 Å². The molecular formula is C15H31O5PSi. The van der Waals surface area contributed by atoms with Gasteiger partial charge in [0.15, 0.2) is 8.32 Å². The van der Waals surface area contributed by atoms with E-state index in [4.69, 9.17) is 18.0 Å². The summed E-state index contributed by atoms with van der Waals surface area (Å²) < 4.78 is 34.6. The van der Waals surface area contributed by atoms with E-state index < -0.39 is 16.1 Å². The van der Waals surface area contributed by atoms with E-state index in [1.54, 1.807) is 13.8 Å². The van der Waals surface area contributed by atoms with Crippen molar-refractivity contribution >= 4 is 16.1 Å². The summed E-state index contributed by atoms with van der Waals surface area (Å²) in [4.78, 5) is 0. The third kappa shape index (κ3) is 5.59. The minimum atomic E-state index is -3.47. The van der Waals surface area contributed by atoms with E-state index in [9.17, 15) is 4.57 Å². The fourth-order valence-corrected chi connectivity index (χ4v) is 4.54. The smallest absolute Gasteiger partial charge is 0.410 e. The normalized spacial score (nSPS) is 23.2. The Hall–Kier alpha value is 0.0269. The van der Waals surface area contributed by atoms with Gasteiger partial charge in [0, 0.05) is 6.42 Å². The van der Waals surface area contributed by atoms with Crippen molar-refractivity contribution < 1.29 is 22.6 Å². The monoisotopic (exact) mass is 350 g/mol. The van der Waals surface area contributed by atoms with Crippen LogP contribution in [0.15, 0.2) is 12.2 Å². The van der Waals surface area contributed by atoms with Gasteiger partial charge < -0.3 is 4.43 Å². The molecule has 22 heavy (non-hydrogen) atoms. The maximum atomic E-state index is 12.4. The largest absolute Gasteiger partial charge is 0.475 e. The van der Waals surface area contributed by atoms with Gasteiger partial charge in [-0.15, -0.1) is 0 Å². The van der Waals surface area contributed by atoms with Crippen LogP contribution in [-0.2, 0) is 22.6 Å². The Kier molecular flexibility index (Phi) is 7.05. The summed E-state index contributed by atoms with van der Waals surface area (Å²) in [6.45, 7) is 15.2. The lowest BCUT2D eigenvalue weighted by Crippen LogP contribution is -2.43. The van der Waals surface area contributed by atoms with Crippen LogP contribution in [0.4, 0.5) is 0 Å². The first-order valence-electron chi connectivity index (χ1n) is 7.96. The van der Waals surface area contributed by atoms with Gasteiger partial charge in [0.25, 0.3) is 0 Å². The maximum absolute atomic E-state index is 12.4. The Balaban J connectivity index is 2.60. The van der Waals surface area contributed by atoms with E-state index in [0.29, 0.717) is 6.42 Å². The number of hydrogen-bond acceptors (Lipinski definition) is 5. The molecule has 0 fully saturated rings. The molecular weight excluding hydrogens is 319 g/mol. The predicted molar refractivity (Wildman–Crippen MR) is 91.6 cm³/mol. The third-order valence-electron chi connectivity index (χ3n) is 4.10. The summed E-state index contributed by atoms with van der Waals surface area (Å²) in [7, 11) is -5.30. The third-order valence-corrected chi connectivity index (χ3v) is 10.3. The van der Waals surface area contributed by atoms with Crippen molar-refractivity contribution in [3.05, 3.63) is 12.2 Å². The molecule has 0 aromatic heterocycles. The van der Waals surface area contributed by atoms with Gasteiger partial charge in [0.05, 0.1) is 25.4 Å². The van der Waals surface area contributed by atoms with E-state index >= 15 is 0 Å². The number of rotatable bonds is 8. The van der Waals surface area contributed by atoms with Gasteiger partial charge in [-0.3, -0.25) is 13.6 Å². The van der Waals surface area contributed by atoms with Crippen molar-refractivity contribution in [2.45, 2.75) is 71.4 Å². The zero-order chi connectivity index (χ0) is 17.0. The molecule has 0 spiro atoms. The molecule has 0 aromatic carbocycles. The summed E-state index contributed by atoms with van der Waals surface area (Å²) >= 11 is 0. The van der Waals surface area contributed by atoms with Crippen LogP contribution in [0, 0.1) is 0 Å². The van der Waals surface area contributed by atoms with Crippen molar-refractivity contribution in [2.24, 2.45) is 0 Å². The zero-order valence-electron chi connectivity index (χ0n) is 14.9. The Morgan fingerprint density at radius 1 is 1.09 bits per heavy atom. The van der Waals surface area contributed by atoms with Gasteiger partial charge in [-0.25, -0.2) is 4.57 Å². The Morgan fingerprint density at radius 3 is 2.05 bits per heavy atom. The van der Waals surface area contributed by atoms with E-state index in [0.717, 1.165) is 0 Å². The average molecular weight is 350 g/mol. The average Bonchev–Trinajstić information content (AvgIpc) is 2.74. The molecule has 7 heteroatoms. The number of phosphoric acid groups is 1. The molecule has 0 aliphatic heterocycles. The summed E-state index contributed by atoms with van der Waals surface area (Å²) in [6, 6.07) is 0. The van der Waals surface area contributed by atoms with Crippen LogP contribution < -0.4 is 0 Å². The lowest BCUT2D eigenvalue weighted by atomic mass is 10.2. The molecule has 1 rings (SSSR count). The van der Waals surface area contributed by atoms with Crippen LogP contribution in [0.5, 0.6) is 0 Å². The molecule has 130 valence electrons. The second-order valence-corrected chi connectivity index (χ2v) is 13.3. The Labute approximate surface area is 136 Å². The van der Waals surface area contributed by atoms with Crippen LogP contribution in [-0.4, -0.2) is 33.7 Å². The van der Waals surface area contributed by atoms with E-state index in [2.05, 4.69) is 33.9 Å². The molecule has 1 aliphatic rings. The number of phosphoric ester groups is 1. The van der Waals surface area contributed by atoms with Crippen LogP contribution in [0.1, 0.15) is 41.0 Å². The molecule has 0 heterocycles. The fraction of sp³-hybridized carbons (Fsp3) is 0.867. The molecule has 0 N–H and O–H groups in total. The molecule has 0 saturated carbocycles. The lowest BCUT2D eigenvalue weighted by molar-refractivity contribution is 0.0887. The first kappa shape index (κ1) is 20.1. The molecule has 0 aromatic rings. The van der Waals surface area contributed by atoms with Crippen molar-refractivity contribution in [3.63, 3.8) is 0 Å². The molecule has 0 amide bonds. The first-order chi connectivity index (χ1) is 10.0. The summed E-state index contributed by atoms with van der Waals surface area (Å²) in [5, 5.41) is 0.158. The Morgan fingerprint density at radius 2 is 1.59 bits per heavy atom. The highest BCUT2D eigenvalue weighted by Crippen LogP contribution is 2.51. The lowest BCUT2D eigenvalue weighted by Gasteiger charge is -2.38. The van der Waals surface area contributed by atoms with Crippen LogP contribution in [0.3, 0.4) is 0 Å². The zero-order valence-corrected chi connectivity index (χ0v) is 16.8. The molecule has 0 saturated heterocycles. The van der Waals surface area contributed by atoms with Crippen LogP contribution >= 0.6 is 7.82 Å². The predicted octanol–water partition coefficient (Wildman–Crippen LogP) is 4.90. The van der Waals surface area contributed by atoms with Gasteiger partial charge in [-0.05, 0) is 32.0 Å². The van der Waals surface area contributed by atoms with Crippen molar-refractivity contribution in [1.29, 1.82) is 0 Å². The van der Waals surface area contributed by atoms with Gasteiger partial charge >= 0.3 is 7.82 Å². The molecule has 0 unspecified atom stereocenters. The Bertz CT molecular complexity index is 420. The van der Waals surface area contributed by atoms with E-state index in [1.807, 2.05) is 12.2 Å². The van der Waals surface area contributed by atoms with Gasteiger partial charge in [-0.1, -0.05) is 32.9 Å². The van der Waals surface area contributed by atoms with Crippen LogP contribution in [0.25, 0.3) is 0 Å². The fourth-order valence-electron chi connectivity index (χ4n) is 1.93. The summed E-state index contributed by atoms with van der Waals surface area (Å²) in [5.41, 5.74) is 0. The van der Waals surface area contributed by atoms with Crippen molar-refractivity contribution in [2.75, 3.05) is 13.2 Å². The summed E-state index contributed by atoms with van der Waals surface area (Å²) in [6.07, 6.45) is 4.24. The second-order valence-electron chi connectivity index (χ2n) is 6.96. The highest BCUT2D eigenvalue weighted by molar-refractivity contribution is 7.48. The molecule has 2 atom stereocenters. The SMILES string of the molecule is CCOP(=O)(OCC)O[C@H]1C=C[C@@H](O[Si](C)(C)C(C)(C)C)C1. The maximum Gasteiger partial charge on any atom is 0.475 e. The standard InChI is InChI=1S/C15H31O5PSi/c1-8-17-21(16,18-9-2)19-13-10-11-14(12-13)20-22(6,7)15(3,4)5/h10-11,13-14H,8-9,12H2,1-7H3/t13-,14+/m0/s1. The molecule has 0 radical (unpaired) electrons. The van der Waals surface area contributed by atoms with Crippen LogP contribution in [0.2, 0.25) is 18.1 Å². The second kappa shape index (κ2) is 7.73. The molecule has 1 aliphatic carbocycles.